The predicted octanol–water partition coefficient (Wildman–Crippen LogP) is 2.35. The van der Waals surface area contributed by atoms with Gasteiger partial charge in [0.25, 0.3) is 0 Å². The molecule has 0 saturated heterocycles. The Bertz CT molecular complexity index is 898. The van der Waals surface area contributed by atoms with Crippen molar-refractivity contribution < 1.29 is 22.0 Å². The van der Waals surface area contributed by atoms with E-state index in [0.29, 0.717) is 6.42 Å². The highest BCUT2D eigenvalue weighted by molar-refractivity contribution is 7.89. The van der Waals surface area contributed by atoms with Gasteiger partial charge in [-0.05, 0) is 42.2 Å². The molecular formula is C16H14F2N2O3S. The van der Waals surface area contributed by atoms with Crippen molar-refractivity contribution >= 4 is 21.6 Å². The summed E-state index contributed by atoms with van der Waals surface area (Å²) in [6, 6.07) is 9.19. The standard InChI is InChI=1S/C16H14F2N2O3S/c17-14-6-3-10(7-15(14)18)20-16(21)13-8-12(13)9-1-4-11(5-2-9)24(19,22)23/h1-7,12-13H,8H2,(H,20,21)(H2,19,22,23)/t12-,13+/m0/s1. The highest BCUT2D eigenvalue weighted by Gasteiger charge is 2.44. The molecule has 1 aliphatic carbocycles. The van der Waals surface area contributed by atoms with Crippen LogP contribution in [-0.2, 0) is 14.8 Å². The molecule has 0 unspecified atom stereocenters. The number of rotatable bonds is 4. The maximum atomic E-state index is 13.1. The van der Waals surface area contributed by atoms with Gasteiger partial charge in [0, 0.05) is 17.7 Å². The number of anilines is 1. The minimum atomic E-state index is -3.75. The summed E-state index contributed by atoms with van der Waals surface area (Å²) < 4.78 is 48.4. The van der Waals surface area contributed by atoms with Crippen molar-refractivity contribution in [1.82, 2.24) is 0 Å². The van der Waals surface area contributed by atoms with Crippen LogP contribution in [0.5, 0.6) is 0 Å². The van der Waals surface area contributed by atoms with E-state index in [0.717, 1.165) is 17.7 Å². The fraction of sp³-hybridized carbons (Fsp3) is 0.188. The Balaban J connectivity index is 1.66. The summed E-state index contributed by atoms with van der Waals surface area (Å²) in [5, 5.41) is 7.58. The van der Waals surface area contributed by atoms with Gasteiger partial charge in [-0.2, -0.15) is 0 Å². The second-order valence-corrected chi connectivity index (χ2v) is 7.24. The molecule has 3 rings (SSSR count). The third kappa shape index (κ3) is 3.44. The minimum Gasteiger partial charge on any atom is -0.326 e. The molecule has 0 heterocycles. The van der Waals surface area contributed by atoms with Gasteiger partial charge in [-0.15, -0.1) is 0 Å². The molecule has 1 aliphatic rings. The zero-order valence-corrected chi connectivity index (χ0v) is 13.2. The molecule has 8 heteroatoms. The molecule has 3 N–H and O–H groups in total. The Hall–Kier alpha value is -2.32. The Morgan fingerprint density at radius 3 is 2.33 bits per heavy atom. The number of nitrogens with two attached hydrogens (primary N) is 1. The van der Waals surface area contributed by atoms with Gasteiger partial charge < -0.3 is 5.32 Å². The molecule has 2 aromatic carbocycles. The van der Waals surface area contributed by atoms with E-state index in [9.17, 15) is 22.0 Å². The van der Waals surface area contributed by atoms with Crippen LogP contribution in [-0.4, -0.2) is 14.3 Å². The molecule has 0 radical (unpaired) electrons. The van der Waals surface area contributed by atoms with Crippen molar-refractivity contribution in [2.75, 3.05) is 5.32 Å². The molecule has 0 aliphatic heterocycles. The van der Waals surface area contributed by atoms with Gasteiger partial charge in [-0.25, -0.2) is 22.3 Å². The number of carbonyl (C=O) groups excluding carboxylic acids is 1. The van der Waals surface area contributed by atoms with Gasteiger partial charge in [0.1, 0.15) is 0 Å². The van der Waals surface area contributed by atoms with E-state index in [2.05, 4.69) is 5.32 Å². The average Bonchev–Trinajstić information content (AvgIpc) is 3.31. The van der Waals surface area contributed by atoms with Crippen molar-refractivity contribution in [2.24, 2.45) is 11.1 Å². The number of benzene rings is 2. The van der Waals surface area contributed by atoms with Crippen LogP contribution in [0.15, 0.2) is 47.4 Å². The monoisotopic (exact) mass is 352 g/mol. The number of halogens is 2. The van der Waals surface area contributed by atoms with Gasteiger partial charge in [0.2, 0.25) is 15.9 Å². The van der Waals surface area contributed by atoms with Crippen LogP contribution in [0.3, 0.4) is 0 Å². The third-order valence-electron chi connectivity index (χ3n) is 3.95. The van der Waals surface area contributed by atoms with Crippen LogP contribution in [0.25, 0.3) is 0 Å². The highest BCUT2D eigenvalue weighted by atomic mass is 32.2. The number of hydrogen-bond acceptors (Lipinski definition) is 3. The zero-order valence-electron chi connectivity index (χ0n) is 12.4. The van der Waals surface area contributed by atoms with E-state index in [1.165, 1.54) is 18.2 Å². The first-order chi connectivity index (χ1) is 11.3. The first-order valence-corrected chi connectivity index (χ1v) is 8.69. The number of hydrogen-bond donors (Lipinski definition) is 2. The average molecular weight is 352 g/mol. The van der Waals surface area contributed by atoms with Crippen molar-refractivity contribution in [3.8, 4) is 0 Å². The number of amides is 1. The predicted molar refractivity (Wildman–Crippen MR) is 83.7 cm³/mol. The lowest BCUT2D eigenvalue weighted by Gasteiger charge is -2.06. The normalized spacial score (nSPS) is 19.8. The lowest BCUT2D eigenvalue weighted by molar-refractivity contribution is -0.117. The van der Waals surface area contributed by atoms with Crippen molar-refractivity contribution in [3.63, 3.8) is 0 Å². The van der Waals surface area contributed by atoms with Crippen LogP contribution in [0, 0.1) is 17.6 Å². The van der Waals surface area contributed by atoms with Gasteiger partial charge in [0.05, 0.1) is 4.90 Å². The van der Waals surface area contributed by atoms with E-state index in [1.807, 2.05) is 0 Å². The van der Waals surface area contributed by atoms with E-state index < -0.39 is 21.7 Å². The molecule has 2 aromatic rings. The van der Waals surface area contributed by atoms with Crippen LogP contribution in [0.4, 0.5) is 14.5 Å². The topological polar surface area (TPSA) is 89.3 Å². The fourth-order valence-corrected chi connectivity index (χ4v) is 3.08. The summed E-state index contributed by atoms with van der Waals surface area (Å²) >= 11 is 0. The molecule has 5 nitrogen and oxygen atoms in total. The Kier molecular flexibility index (Phi) is 4.10. The van der Waals surface area contributed by atoms with Gasteiger partial charge >= 0.3 is 0 Å². The highest BCUT2D eigenvalue weighted by Crippen LogP contribution is 2.48. The SMILES string of the molecule is NS(=O)(=O)c1ccc([C@@H]2C[C@H]2C(=O)Nc2ccc(F)c(F)c2)cc1. The van der Waals surface area contributed by atoms with Gasteiger partial charge in [0.15, 0.2) is 11.6 Å². The van der Waals surface area contributed by atoms with E-state index >= 15 is 0 Å². The second kappa shape index (κ2) is 5.95. The summed E-state index contributed by atoms with van der Waals surface area (Å²) in [5.41, 5.74) is 1.02. The molecule has 1 amide bonds. The van der Waals surface area contributed by atoms with Crippen LogP contribution in [0.1, 0.15) is 17.9 Å². The van der Waals surface area contributed by atoms with Crippen molar-refractivity contribution in [3.05, 3.63) is 59.7 Å². The van der Waals surface area contributed by atoms with Crippen LogP contribution < -0.4 is 10.5 Å². The summed E-state index contributed by atoms with van der Waals surface area (Å²) in [5.74, 6) is -2.63. The first kappa shape index (κ1) is 16.5. The lowest BCUT2D eigenvalue weighted by Crippen LogP contribution is -2.15. The maximum Gasteiger partial charge on any atom is 0.238 e. The van der Waals surface area contributed by atoms with Crippen LogP contribution >= 0.6 is 0 Å². The first-order valence-electron chi connectivity index (χ1n) is 7.14. The van der Waals surface area contributed by atoms with Crippen molar-refractivity contribution in [1.29, 1.82) is 0 Å². The molecule has 126 valence electrons. The van der Waals surface area contributed by atoms with Gasteiger partial charge in [-0.3, -0.25) is 4.79 Å². The van der Waals surface area contributed by atoms with E-state index in [-0.39, 0.29) is 28.3 Å². The largest absolute Gasteiger partial charge is 0.326 e. The Morgan fingerprint density at radius 1 is 1.08 bits per heavy atom. The van der Waals surface area contributed by atoms with Crippen LogP contribution in [0.2, 0.25) is 0 Å². The molecule has 1 fully saturated rings. The molecule has 2 atom stereocenters. The smallest absolute Gasteiger partial charge is 0.238 e. The summed E-state index contributed by atoms with van der Waals surface area (Å²) in [7, 11) is -3.75. The molecule has 0 aromatic heterocycles. The van der Waals surface area contributed by atoms with Crippen molar-refractivity contribution in [2.45, 2.75) is 17.2 Å². The maximum absolute atomic E-state index is 13.1. The summed E-state index contributed by atoms with van der Waals surface area (Å²) in [4.78, 5) is 12.1. The summed E-state index contributed by atoms with van der Waals surface area (Å²) in [6.07, 6.45) is 0.601. The molecule has 24 heavy (non-hydrogen) atoms. The Labute approximate surface area is 137 Å². The third-order valence-corrected chi connectivity index (χ3v) is 4.88. The zero-order chi connectivity index (χ0) is 17.5. The number of sulfonamides is 1. The number of carbonyl (C=O) groups is 1. The quantitative estimate of drug-likeness (QED) is 0.885. The van der Waals surface area contributed by atoms with Gasteiger partial charge in [-0.1, -0.05) is 12.1 Å². The minimum absolute atomic E-state index is 0.00897. The number of primary sulfonamides is 1. The lowest BCUT2D eigenvalue weighted by atomic mass is 10.1. The molecular weight excluding hydrogens is 338 g/mol. The molecule has 1 saturated carbocycles. The van der Waals surface area contributed by atoms with E-state index in [4.69, 9.17) is 5.14 Å². The number of nitrogens with one attached hydrogen (secondary N) is 1. The second-order valence-electron chi connectivity index (χ2n) is 5.68. The summed E-state index contributed by atoms with van der Waals surface area (Å²) in [6.45, 7) is 0. The Morgan fingerprint density at radius 2 is 1.75 bits per heavy atom. The molecule has 0 spiro atoms. The van der Waals surface area contributed by atoms with E-state index in [1.54, 1.807) is 12.1 Å². The fourth-order valence-electron chi connectivity index (χ4n) is 2.57. The molecule has 0 bridgehead atoms.